The van der Waals surface area contributed by atoms with Crippen LogP contribution in [0.5, 0.6) is 0 Å². The van der Waals surface area contributed by atoms with Crippen molar-refractivity contribution in [2.45, 2.75) is 25.9 Å². The van der Waals surface area contributed by atoms with Gasteiger partial charge in [-0.15, -0.1) is 17.0 Å². The molecule has 1 aliphatic heterocycles. The molecule has 0 atom stereocenters. The SMILES string of the molecule is Br.CC1(C)CNc2ncc(Br)cc2CN1. The fourth-order valence-electron chi connectivity index (χ4n) is 1.48. The Morgan fingerprint density at radius 2 is 2.20 bits per heavy atom. The number of fused-ring (bicyclic) bond motifs is 1. The van der Waals surface area contributed by atoms with E-state index in [9.17, 15) is 0 Å². The van der Waals surface area contributed by atoms with E-state index in [1.54, 1.807) is 0 Å². The van der Waals surface area contributed by atoms with Gasteiger partial charge in [-0.3, -0.25) is 0 Å². The molecular weight excluding hydrogens is 322 g/mol. The Labute approximate surface area is 109 Å². The van der Waals surface area contributed by atoms with Crippen molar-refractivity contribution in [3.05, 3.63) is 22.3 Å². The summed E-state index contributed by atoms with van der Waals surface area (Å²) < 4.78 is 1.03. The minimum absolute atomic E-state index is 0. The molecule has 2 N–H and O–H groups in total. The Balaban J connectivity index is 0.00000112. The lowest BCUT2D eigenvalue weighted by atomic mass is 10.1. The van der Waals surface area contributed by atoms with Crippen molar-refractivity contribution in [3.63, 3.8) is 0 Å². The lowest BCUT2D eigenvalue weighted by molar-refractivity contribution is 0.414. The largest absolute Gasteiger partial charge is 0.368 e. The summed E-state index contributed by atoms with van der Waals surface area (Å²) in [6.07, 6.45) is 1.82. The summed E-state index contributed by atoms with van der Waals surface area (Å²) in [7, 11) is 0. The highest BCUT2D eigenvalue weighted by Gasteiger charge is 2.21. The quantitative estimate of drug-likeness (QED) is 0.765. The molecule has 0 spiro atoms. The molecule has 1 aliphatic rings. The predicted molar refractivity (Wildman–Crippen MR) is 71.7 cm³/mol. The van der Waals surface area contributed by atoms with E-state index < -0.39 is 0 Å². The molecule has 84 valence electrons. The Morgan fingerprint density at radius 1 is 1.47 bits per heavy atom. The molecule has 0 fully saturated rings. The number of nitrogens with one attached hydrogen (secondary N) is 2. The lowest BCUT2D eigenvalue weighted by Gasteiger charge is -2.23. The molecule has 0 aromatic carbocycles. The molecule has 0 saturated heterocycles. The normalized spacial score (nSPS) is 18.1. The van der Waals surface area contributed by atoms with Crippen LogP contribution >= 0.6 is 32.9 Å². The minimum atomic E-state index is 0. The first-order valence-corrected chi connectivity index (χ1v) is 5.49. The van der Waals surface area contributed by atoms with Gasteiger partial charge in [-0.25, -0.2) is 4.98 Å². The number of aromatic nitrogens is 1. The third-order valence-electron chi connectivity index (χ3n) is 2.39. The van der Waals surface area contributed by atoms with Crippen molar-refractivity contribution >= 4 is 38.7 Å². The van der Waals surface area contributed by atoms with Gasteiger partial charge in [0.25, 0.3) is 0 Å². The first-order valence-electron chi connectivity index (χ1n) is 4.70. The van der Waals surface area contributed by atoms with Crippen LogP contribution in [0, 0.1) is 0 Å². The summed E-state index contributed by atoms with van der Waals surface area (Å²) in [5.41, 5.74) is 1.33. The van der Waals surface area contributed by atoms with Crippen molar-refractivity contribution in [1.82, 2.24) is 10.3 Å². The van der Waals surface area contributed by atoms with Gasteiger partial charge in [-0.05, 0) is 35.8 Å². The second-order valence-corrected chi connectivity index (χ2v) is 5.17. The van der Waals surface area contributed by atoms with Crippen LogP contribution in [0.3, 0.4) is 0 Å². The lowest BCUT2D eigenvalue weighted by Crippen LogP contribution is -2.42. The molecule has 0 aliphatic carbocycles. The maximum atomic E-state index is 4.35. The molecule has 1 aromatic heterocycles. The van der Waals surface area contributed by atoms with Crippen molar-refractivity contribution < 1.29 is 0 Å². The molecule has 0 radical (unpaired) electrons. The van der Waals surface area contributed by atoms with Crippen LogP contribution in [0.4, 0.5) is 5.82 Å². The summed E-state index contributed by atoms with van der Waals surface area (Å²) in [5, 5.41) is 6.83. The maximum Gasteiger partial charge on any atom is 0.130 e. The third-order valence-corrected chi connectivity index (χ3v) is 2.82. The van der Waals surface area contributed by atoms with Gasteiger partial charge in [0, 0.05) is 34.9 Å². The highest BCUT2D eigenvalue weighted by molar-refractivity contribution is 9.10. The van der Waals surface area contributed by atoms with Crippen LogP contribution in [-0.2, 0) is 6.54 Å². The number of hydrogen-bond acceptors (Lipinski definition) is 3. The van der Waals surface area contributed by atoms with Gasteiger partial charge in [0.15, 0.2) is 0 Å². The first kappa shape index (κ1) is 12.9. The van der Waals surface area contributed by atoms with Crippen LogP contribution in [0.15, 0.2) is 16.7 Å². The van der Waals surface area contributed by atoms with Crippen LogP contribution in [0.2, 0.25) is 0 Å². The number of halogens is 2. The Kier molecular flexibility index (Phi) is 4.14. The maximum absolute atomic E-state index is 4.35. The smallest absolute Gasteiger partial charge is 0.130 e. The van der Waals surface area contributed by atoms with Crippen LogP contribution in [-0.4, -0.2) is 17.1 Å². The van der Waals surface area contributed by atoms with E-state index in [0.29, 0.717) is 0 Å². The molecular formula is C10H15Br2N3. The molecule has 3 nitrogen and oxygen atoms in total. The number of hydrogen-bond donors (Lipinski definition) is 2. The fourth-order valence-corrected chi connectivity index (χ4v) is 1.86. The standard InChI is InChI=1S/C10H14BrN3.BrH/c1-10(2)6-13-9-7(4-14-10)3-8(11)5-12-9;/h3,5,14H,4,6H2,1-2H3,(H,12,13);1H. The molecule has 0 unspecified atom stereocenters. The van der Waals surface area contributed by atoms with Crippen molar-refractivity contribution in [2.24, 2.45) is 0 Å². The van der Waals surface area contributed by atoms with Crippen molar-refractivity contribution in [3.8, 4) is 0 Å². The van der Waals surface area contributed by atoms with Crippen LogP contribution in [0.1, 0.15) is 19.4 Å². The van der Waals surface area contributed by atoms with E-state index in [4.69, 9.17) is 0 Å². The molecule has 15 heavy (non-hydrogen) atoms. The summed E-state index contributed by atoms with van der Waals surface area (Å²) in [6.45, 7) is 6.12. The average Bonchev–Trinajstić information content (AvgIpc) is 2.26. The van der Waals surface area contributed by atoms with Gasteiger partial charge < -0.3 is 10.6 Å². The van der Waals surface area contributed by atoms with E-state index in [-0.39, 0.29) is 22.5 Å². The van der Waals surface area contributed by atoms with Gasteiger partial charge in [-0.2, -0.15) is 0 Å². The molecule has 5 heteroatoms. The average molecular weight is 337 g/mol. The minimum Gasteiger partial charge on any atom is -0.368 e. The Bertz CT molecular complexity index is 353. The zero-order valence-corrected chi connectivity index (χ0v) is 12.1. The summed E-state index contributed by atoms with van der Waals surface area (Å²) >= 11 is 3.43. The monoisotopic (exact) mass is 335 g/mol. The second kappa shape index (κ2) is 4.80. The number of rotatable bonds is 0. The van der Waals surface area contributed by atoms with Gasteiger partial charge in [0.2, 0.25) is 0 Å². The van der Waals surface area contributed by atoms with Gasteiger partial charge in [-0.1, -0.05) is 0 Å². The van der Waals surface area contributed by atoms with Crippen molar-refractivity contribution in [2.75, 3.05) is 11.9 Å². The molecule has 1 aromatic rings. The number of pyridine rings is 1. The molecule has 0 amide bonds. The van der Waals surface area contributed by atoms with E-state index in [1.165, 1.54) is 5.56 Å². The van der Waals surface area contributed by atoms with Crippen LogP contribution in [0.25, 0.3) is 0 Å². The zero-order chi connectivity index (χ0) is 10.2. The van der Waals surface area contributed by atoms with Gasteiger partial charge >= 0.3 is 0 Å². The summed E-state index contributed by atoms with van der Waals surface area (Å²) in [6, 6.07) is 2.10. The highest BCUT2D eigenvalue weighted by Crippen LogP contribution is 2.21. The Morgan fingerprint density at radius 3 is 2.93 bits per heavy atom. The molecule has 2 heterocycles. The van der Waals surface area contributed by atoms with Crippen molar-refractivity contribution in [1.29, 1.82) is 0 Å². The molecule has 2 rings (SSSR count). The van der Waals surface area contributed by atoms with E-state index >= 15 is 0 Å². The topological polar surface area (TPSA) is 37.0 Å². The number of anilines is 1. The van der Waals surface area contributed by atoms with Crippen LogP contribution < -0.4 is 10.6 Å². The fraction of sp³-hybridized carbons (Fsp3) is 0.500. The summed E-state index contributed by atoms with van der Waals surface area (Å²) in [5.74, 6) is 0.992. The van der Waals surface area contributed by atoms with E-state index in [0.717, 1.165) is 23.4 Å². The molecule has 0 saturated carbocycles. The van der Waals surface area contributed by atoms with E-state index in [1.807, 2.05) is 6.20 Å². The number of nitrogens with zero attached hydrogens (tertiary/aromatic N) is 1. The zero-order valence-electron chi connectivity index (χ0n) is 8.80. The van der Waals surface area contributed by atoms with Gasteiger partial charge in [0.1, 0.15) is 5.82 Å². The third kappa shape index (κ3) is 3.16. The van der Waals surface area contributed by atoms with Gasteiger partial charge in [0.05, 0.1) is 0 Å². The Hall–Kier alpha value is -0.130. The molecule has 0 bridgehead atoms. The first-order chi connectivity index (χ1) is 6.57. The summed E-state index contributed by atoms with van der Waals surface area (Å²) in [4.78, 5) is 4.35. The highest BCUT2D eigenvalue weighted by atomic mass is 79.9. The predicted octanol–water partition coefficient (Wildman–Crippen LogP) is 2.72. The van der Waals surface area contributed by atoms with E-state index in [2.05, 4.69) is 51.5 Å². The second-order valence-electron chi connectivity index (χ2n) is 4.25.